The average Bonchev–Trinajstić information content (AvgIpc) is 2.81. The zero-order chi connectivity index (χ0) is 12.1. The second-order valence-electron chi connectivity index (χ2n) is 5.44. The summed E-state index contributed by atoms with van der Waals surface area (Å²) in [5, 5.41) is 12.3. The van der Waals surface area contributed by atoms with Crippen LogP contribution in [0.15, 0.2) is 0 Å². The Bertz CT molecular complexity index is 219. The van der Waals surface area contributed by atoms with E-state index in [1.165, 1.54) is 19.3 Å². The predicted octanol–water partition coefficient (Wildman–Crippen LogP) is 0.458. The van der Waals surface area contributed by atoms with Crippen molar-refractivity contribution in [2.24, 2.45) is 5.92 Å². The van der Waals surface area contributed by atoms with Crippen LogP contribution >= 0.6 is 0 Å². The number of aliphatic hydroxyl groups excluding tert-OH is 1. The highest BCUT2D eigenvalue weighted by Gasteiger charge is 2.27. The zero-order valence-electron chi connectivity index (χ0n) is 10.9. The van der Waals surface area contributed by atoms with E-state index >= 15 is 0 Å². The van der Waals surface area contributed by atoms with Crippen molar-refractivity contribution < 1.29 is 9.84 Å². The number of ether oxygens (including phenoxy) is 1. The van der Waals surface area contributed by atoms with Gasteiger partial charge >= 0.3 is 0 Å². The molecule has 100 valence electrons. The number of nitrogens with one attached hydrogen (secondary N) is 1. The number of piperidine rings is 1. The lowest BCUT2D eigenvalue weighted by molar-refractivity contribution is 0.0509. The number of hydrogen-bond donors (Lipinski definition) is 2. The average molecular weight is 242 g/mol. The molecule has 2 heterocycles. The van der Waals surface area contributed by atoms with Gasteiger partial charge in [-0.05, 0) is 31.7 Å². The minimum absolute atomic E-state index is 0.239. The second kappa shape index (κ2) is 6.69. The third kappa shape index (κ3) is 3.91. The normalized spacial score (nSPS) is 35.3. The number of hydrogen-bond acceptors (Lipinski definition) is 4. The van der Waals surface area contributed by atoms with E-state index in [9.17, 15) is 0 Å². The molecule has 0 amide bonds. The Hall–Kier alpha value is -0.160. The smallest absolute Gasteiger partial charge is 0.0702 e. The number of likely N-dealkylation sites (tertiary alicyclic amines) is 1. The highest BCUT2D eigenvalue weighted by atomic mass is 16.5. The van der Waals surface area contributed by atoms with Crippen LogP contribution < -0.4 is 5.32 Å². The Kier molecular flexibility index (Phi) is 5.22. The number of aliphatic hydroxyl groups is 1. The summed E-state index contributed by atoms with van der Waals surface area (Å²) in [6.45, 7) is 7.64. The molecular weight excluding hydrogens is 216 g/mol. The van der Waals surface area contributed by atoms with Crippen molar-refractivity contribution in [2.75, 3.05) is 39.4 Å². The summed E-state index contributed by atoms with van der Waals surface area (Å²) >= 11 is 0. The van der Waals surface area contributed by atoms with Crippen LogP contribution in [0.5, 0.6) is 0 Å². The largest absolute Gasteiger partial charge is 0.395 e. The van der Waals surface area contributed by atoms with E-state index in [1.54, 1.807) is 0 Å². The molecule has 2 fully saturated rings. The molecule has 0 spiro atoms. The van der Waals surface area contributed by atoms with Crippen LogP contribution in [0.1, 0.15) is 26.2 Å². The lowest BCUT2D eigenvalue weighted by Gasteiger charge is -2.38. The van der Waals surface area contributed by atoms with Gasteiger partial charge in [0.1, 0.15) is 0 Å². The maximum absolute atomic E-state index is 8.84. The molecule has 2 aliphatic rings. The summed E-state index contributed by atoms with van der Waals surface area (Å²) in [5.74, 6) is 0.664. The Morgan fingerprint density at radius 1 is 1.41 bits per heavy atom. The minimum Gasteiger partial charge on any atom is -0.395 e. The second-order valence-corrected chi connectivity index (χ2v) is 5.44. The van der Waals surface area contributed by atoms with Gasteiger partial charge in [0.25, 0.3) is 0 Å². The first kappa shape index (κ1) is 13.3. The monoisotopic (exact) mass is 242 g/mol. The van der Waals surface area contributed by atoms with Gasteiger partial charge in [-0.3, -0.25) is 0 Å². The van der Waals surface area contributed by atoms with Gasteiger partial charge in [0.2, 0.25) is 0 Å². The van der Waals surface area contributed by atoms with Gasteiger partial charge in [-0.15, -0.1) is 0 Å². The van der Waals surface area contributed by atoms with Crippen molar-refractivity contribution in [1.82, 2.24) is 10.2 Å². The standard InChI is InChI=1S/C13H26N2O2/c1-11-9-15(10-12-3-2-8-17-12)6-4-13(11)14-5-7-16/h11-14,16H,2-10H2,1H3. The molecule has 2 saturated heterocycles. The molecule has 0 bridgehead atoms. The van der Waals surface area contributed by atoms with Gasteiger partial charge in [-0.2, -0.15) is 0 Å². The molecule has 3 atom stereocenters. The Morgan fingerprint density at radius 2 is 2.29 bits per heavy atom. The van der Waals surface area contributed by atoms with Crippen molar-refractivity contribution >= 4 is 0 Å². The van der Waals surface area contributed by atoms with Gasteiger partial charge in [-0.1, -0.05) is 6.92 Å². The van der Waals surface area contributed by atoms with E-state index in [4.69, 9.17) is 9.84 Å². The number of nitrogens with zero attached hydrogens (tertiary/aromatic N) is 1. The topological polar surface area (TPSA) is 44.7 Å². The van der Waals surface area contributed by atoms with Crippen molar-refractivity contribution in [2.45, 2.75) is 38.3 Å². The lowest BCUT2D eigenvalue weighted by Crippen LogP contribution is -2.50. The molecule has 4 nitrogen and oxygen atoms in total. The van der Waals surface area contributed by atoms with Gasteiger partial charge in [0.15, 0.2) is 0 Å². The molecule has 0 aromatic heterocycles. The SMILES string of the molecule is CC1CN(CC2CCCO2)CCC1NCCO. The van der Waals surface area contributed by atoms with E-state index in [-0.39, 0.29) is 6.61 Å². The Balaban J connectivity index is 1.70. The third-order valence-corrected chi connectivity index (χ3v) is 3.99. The fourth-order valence-corrected chi connectivity index (χ4v) is 3.03. The van der Waals surface area contributed by atoms with Crippen LogP contribution in [-0.2, 0) is 4.74 Å². The van der Waals surface area contributed by atoms with Gasteiger partial charge in [0, 0.05) is 32.3 Å². The van der Waals surface area contributed by atoms with Crippen LogP contribution in [0, 0.1) is 5.92 Å². The molecule has 0 aromatic carbocycles. The highest BCUT2D eigenvalue weighted by molar-refractivity contribution is 4.84. The molecular formula is C13H26N2O2. The summed E-state index contributed by atoms with van der Waals surface area (Å²) in [7, 11) is 0. The van der Waals surface area contributed by atoms with E-state index in [0.29, 0.717) is 18.1 Å². The predicted molar refractivity (Wildman–Crippen MR) is 68.1 cm³/mol. The molecule has 0 saturated carbocycles. The number of rotatable bonds is 5. The van der Waals surface area contributed by atoms with Crippen molar-refractivity contribution in [3.8, 4) is 0 Å². The lowest BCUT2D eigenvalue weighted by atomic mass is 9.93. The Morgan fingerprint density at radius 3 is 2.94 bits per heavy atom. The van der Waals surface area contributed by atoms with Crippen molar-refractivity contribution in [1.29, 1.82) is 0 Å². The zero-order valence-corrected chi connectivity index (χ0v) is 10.9. The van der Waals surface area contributed by atoms with E-state index < -0.39 is 0 Å². The maximum Gasteiger partial charge on any atom is 0.0702 e. The fourth-order valence-electron chi connectivity index (χ4n) is 3.03. The van der Waals surface area contributed by atoms with Crippen LogP contribution in [0.2, 0.25) is 0 Å². The third-order valence-electron chi connectivity index (χ3n) is 3.99. The first-order chi connectivity index (χ1) is 8.29. The summed E-state index contributed by atoms with van der Waals surface area (Å²) < 4.78 is 5.69. The minimum atomic E-state index is 0.239. The molecule has 3 unspecified atom stereocenters. The summed E-state index contributed by atoms with van der Waals surface area (Å²) in [5.41, 5.74) is 0. The van der Waals surface area contributed by atoms with Crippen LogP contribution in [0.4, 0.5) is 0 Å². The van der Waals surface area contributed by atoms with Gasteiger partial charge < -0.3 is 20.1 Å². The first-order valence-corrected chi connectivity index (χ1v) is 6.98. The molecule has 2 rings (SSSR count). The van der Waals surface area contributed by atoms with Crippen molar-refractivity contribution in [3.63, 3.8) is 0 Å². The molecule has 4 heteroatoms. The summed E-state index contributed by atoms with van der Waals surface area (Å²) in [6.07, 6.45) is 4.13. The van der Waals surface area contributed by atoms with Crippen LogP contribution in [0.25, 0.3) is 0 Å². The highest BCUT2D eigenvalue weighted by Crippen LogP contribution is 2.20. The maximum atomic E-state index is 8.84. The van der Waals surface area contributed by atoms with Gasteiger partial charge in [-0.25, -0.2) is 0 Å². The molecule has 0 aliphatic carbocycles. The van der Waals surface area contributed by atoms with Crippen LogP contribution in [0.3, 0.4) is 0 Å². The summed E-state index contributed by atoms with van der Waals surface area (Å²) in [4.78, 5) is 2.54. The molecule has 0 radical (unpaired) electrons. The Labute approximate surface area is 104 Å². The van der Waals surface area contributed by atoms with E-state index in [0.717, 1.165) is 32.8 Å². The fraction of sp³-hybridized carbons (Fsp3) is 1.00. The molecule has 17 heavy (non-hydrogen) atoms. The van der Waals surface area contributed by atoms with Crippen LogP contribution in [-0.4, -0.2) is 61.5 Å². The van der Waals surface area contributed by atoms with E-state index in [1.807, 2.05) is 0 Å². The first-order valence-electron chi connectivity index (χ1n) is 6.98. The quantitative estimate of drug-likeness (QED) is 0.735. The molecule has 2 aliphatic heterocycles. The van der Waals surface area contributed by atoms with E-state index in [2.05, 4.69) is 17.1 Å². The van der Waals surface area contributed by atoms with Crippen molar-refractivity contribution in [3.05, 3.63) is 0 Å². The van der Waals surface area contributed by atoms with Gasteiger partial charge in [0.05, 0.1) is 12.7 Å². The molecule has 2 N–H and O–H groups in total. The molecule has 0 aromatic rings. The summed E-state index contributed by atoms with van der Waals surface area (Å²) in [6, 6.07) is 0.572.